The molecule has 0 aromatic heterocycles. The van der Waals surface area contributed by atoms with E-state index in [1.807, 2.05) is 18.2 Å². The van der Waals surface area contributed by atoms with E-state index in [0.29, 0.717) is 9.20 Å². The number of benzene rings is 2. The Labute approximate surface area is 190 Å². The van der Waals surface area contributed by atoms with Crippen molar-refractivity contribution >= 4 is 11.0 Å². The summed E-state index contributed by atoms with van der Waals surface area (Å²) in [6.07, 6.45) is 2.08. The predicted molar refractivity (Wildman–Crippen MR) is 121 cm³/mol. The summed E-state index contributed by atoms with van der Waals surface area (Å²) in [5.41, 5.74) is 7.49. The number of hydrogen-bond donors (Lipinski definition) is 0. The maximum absolute atomic E-state index is 14.8. The van der Waals surface area contributed by atoms with Gasteiger partial charge in [0.2, 0.25) is 0 Å². The Balaban J connectivity index is 1.96. The molecular weight excluding hydrogens is 489 g/mol. The van der Waals surface area contributed by atoms with E-state index in [4.69, 9.17) is 0 Å². The number of fused-ring (bicyclic) bond motifs is 1. The second kappa shape index (κ2) is 8.48. The summed E-state index contributed by atoms with van der Waals surface area (Å²) in [6, 6.07) is 9.84. The van der Waals surface area contributed by atoms with Gasteiger partial charge in [-0.2, -0.15) is 0 Å². The average molecular weight is 516 g/mol. The van der Waals surface area contributed by atoms with E-state index in [1.54, 1.807) is 0 Å². The molecule has 2 aromatic rings. The molecule has 0 bridgehead atoms. The molecule has 2 aliphatic carbocycles. The van der Waals surface area contributed by atoms with Crippen molar-refractivity contribution in [1.82, 2.24) is 0 Å². The molecule has 0 saturated carbocycles. The van der Waals surface area contributed by atoms with Crippen molar-refractivity contribution < 1.29 is 33.5 Å². The van der Waals surface area contributed by atoms with Gasteiger partial charge >= 0.3 is 191 Å². The van der Waals surface area contributed by atoms with E-state index in [0.717, 1.165) is 17.7 Å². The van der Waals surface area contributed by atoms with Gasteiger partial charge in [-0.15, -0.1) is 0 Å². The van der Waals surface area contributed by atoms with Crippen molar-refractivity contribution in [2.45, 2.75) is 48.0 Å². The predicted octanol–water partition coefficient (Wildman–Crippen LogP) is 7.93. The second-order valence-corrected chi connectivity index (χ2v) is 26.8. The van der Waals surface area contributed by atoms with E-state index in [2.05, 4.69) is 52.9 Å². The Morgan fingerprint density at radius 1 is 0.806 bits per heavy atom. The Kier molecular flexibility index (Phi) is 6.22. The second-order valence-electron chi connectivity index (χ2n) is 8.87. The van der Waals surface area contributed by atoms with Crippen LogP contribution in [0.25, 0.3) is 5.57 Å². The van der Waals surface area contributed by atoms with Gasteiger partial charge in [0.1, 0.15) is 0 Å². The summed E-state index contributed by atoms with van der Waals surface area (Å²) < 4.78 is 44.3. The molecule has 5 heteroatoms. The van der Waals surface area contributed by atoms with E-state index < -0.39 is 43.3 Å². The van der Waals surface area contributed by atoms with Crippen LogP contribution in [0.2, 0.25) is 16.7 Å². The zero-order valence-electron chi connectivity index (χ0n) is 18.8. The summed E-state index contributed by atoms with van der Waals surface area (Å²) in [4.78, 5) is 0. The van der Waals surface area contributed by atoms with E-state index >= 15 is 0 Å². The summed E-state index contributed by atoms with van der Waals surface area (Å²) in [6.45, 7) is 13.8. The van der Waals surface area contributed by atoms with Gasteiger partial charge in [-0.1, -0.05) is 0 Å². The minimum absolute atomic E-state index is 0.225. The summed E-state index contributed by atoms with van der Waals surface area (Å²) in [5, 5.41) is 0. The summed E-state index contributed by atoms with van der Waals surface area (Å²) in [5.74, 6) is -2.80. The quantitative estimate of drug-likeness (QED) is 0.288. The molecule has 1 unspecified atom stereocenters. The number of rotatable bonds is 3. The monoisotopic (exact) mass is 514 g/mol. The fraction of sp³-hybridized carbons (Fsp3) is 0.308. The van der Waals surface area contributed by atoms with Crippen LogP contribution >= 0.6 is 0 Å². The van der Waals surface area contributed by atoms with Crippen LogP contribution in [0, 0.1) is 17.5 Å². The number of hydrogen-bond acceptors (Lipinski definition) is 0. The first kappa shape index (κ1) is 22.7. The molecule has 0 aliphatic heterocycles. The molecule has 0 nitrogen and oxygen atoms in total. The SMILES string of the molecule is CC1=C(C)[CH]([Zr]([CH]2C=C(c3c(F)ccc(F)c3F)c3ccccc32)=[Si](C)C)C(C)=C1C. The molecule has 0 amide bonds. The molecule has 4 rings (SSSR count). The standard InChI is InChI=1S/C15H8F3.C9H13.C2H6Si.Zr/c16-12-7-8-13(17)15(18)14(12)11-6-5-9-3-1-2-4-10(9)11;1-6-5-7(2)9(4)8(6)3;1-3-2;/h1-8H;5H,1-4H3;1-2H3;. The Morgan fingerprint density at radius 2 is 1.39 bits per heavy atom. The maximum atomic E-state index is 14.8. The Morgan fingerprint density at radius 3 is 2.00 bits per heavy atom. The zero-order chi connectivity index (χ0) is 22.6. The normalized spacial score (nSPS) is 18.6. The van der Waals surface area contributed by atoms with Gasteiger partial charge in [-0.05, 0) is 0 Å². The minimum atomic E-state index is -2.23. The van der Waals surface area contributed by atoms with Gasteiger partial charge < -0.3 is 0 Å². The first-order valence-corrected chi connectivity index (χ1v) is 19.6. The fourth-order valence-electron chi connectivity index (χ4n) is 5.20. The van der Waals surface area contributed by atoms with Crippen molar-refractivity contribution in [3.05, 3.63) is 98.9 Å². The van der Waals surface area contributed by atoms with Gasteiger partial charge in [0.05, 0.1) is 0 Å². The summed E-state index contributed by atoms with van der Waals surface area (Å²) in [7, 11) is 0. The third kappa shape index (κ3) is 3.62. The van der Waals surface area contributed by atoms with Gasteiger partial charge in [-0.3, -0.25) is 0 Å². The van der Waals surface area contributed by atoms with Crippen LogP contribution in [-0.2, 0) is 20.4 Å². The van der Waals surface area contributed by atoms with Crippen LogP contribution in [0.3, 0.4) is 0 Å². The third-order valence-corrected chi connectivity index (χ3v) is 26.8. The molecule has 0 heterocycles. The van der Waals surface area contributed by atoms with Crippen molar-refractivity contribution in [1.29, 1.82) is 0 Å². The molecule has 0 N–H and O–H groups in total. The van der Waals surface area contributed by atoms with Gasteiger partial charge in [0.25, 0.3) is 0 Å². The third-order valence-electron chi connectivity index (χ3n) is 7.07. The molecule has 0 spiro atoms. The van der Waals surface area contributed by atoms with Crippen LogP contribution < -0.4 is 0 Å². The van der Waals surface area contributed by atoms with Gasteiger partial charge in [-0.25, -0.2) is 0 Å². The summed E-state index contributed by atoms with van der Waals surface area (Å²) >= 11 is -2.23. The molecule has 1 atom stereocenters. The Hall–Kier alpha value is -1.45. The molecular formula is C26H27F3SiZr. The van der Waals surface area contributed by atoms with Crippen molar-refractivity contribution in [3.8, 4) is 0 Å². The average Bonchev–Trinajstić information content (AvgIpc) is 3.19. The van der Waals surface area contributed by atoms with Crippen LogP contribution in [-0.4, -0.2) is 5.43 Å². The van der Waals surface area contributed by atoms with E-state index in [9.17, 15) is 13.2 Å². The van der Waals surface area contributed by atoms with Crippen LogP contribution in [0.1, 0.15) is 48.0 Å². The van der Waals surface area contributed by atoms with Crippen LogP contribution in [0.5, 0.6) is 0 Å². The first-order chi connectivity index (χ1) is 14.6. The van der Waals surface area contributed by atoms with Gasteiger partial charge in [0.15, 0.2) is 0 Å². The van der Waals surface area contributed by atoms with Crippen molar-refractivity contribution in [2.24, 2.45) is 0 Å². The van der Waals surface area contributed by atoms with Crippen molar-refractivity contribution in [3.63, 3.8) is 0 Å². The topological polar surface area (TPSA) is 0 Å². The van der Waals surface area contributed by atoms with E-state index in [-0.39, 0.29) is 9.19 Å². The van der Waals surface area contributed by atoms with E-state index in [1.165, 1.54) is 27.9 Å². The molecule has 0 fully saturated rings. The molecule has 160 valence electrons. The van der Waals surface area contributed by atoms with Crippen LogP contribution in [0.4, 0.5) is 13.2 Å². The Bertz CT molecular complexity index is 1210. The first-order valence-electron chi connectivity index (χ1n) is 10.6. The number of halogens is 3. The molecule has 31 heavy (non-hydrogen) atoms. The molecule has 2 aliphatic rings. The molecule has 0 radical (unpaired) electrons. The molecule has 0 saturated heterocycles. The fourth-order valence-corrected chi connectivity index (χ4v) is 25.8. The number of allylic oxidation sites excluding steroid dienone is 5. The van der Waals surface area contributed by atoms with Crippen LogP contribution in [0.15, 0.2) is 64.8 Å². The molecule has 2 aromatic carbocycles. The van der Waals surface area contributed by atoms with Crippen molar-refractivity contribution in [2.75, 3.05) is 0 Å². The van der Waals surface area contributed by atoms with Gasteiger partial charge in [0, 0.05) is 0 Å². The zero-order valence-corrected chi connectivity index (χ0v) is 22.3.